The first-order valence-electron chi connectivity index (χ1n) is 7.59. The highest BCUT2D eigenvalue weighted by Gasteiger charge is 2.38. The van der Waals surface area contributed by atoms with Gasteiger partial charge in [0.1, 0.15) is 0 Å². The quantitative estimate of drug-likeness (QED) is 0.895. The molecule has 2 aliphatic heterocycles. The van der Waals surface area contributed by atoms with Crippen LogP contribution in [0.3, 0.4) is 0 Å². The van der Waals surface area contributed by atoms with Crippen LogP contribution in [0, 0.1) is 5.41 Å². The Balaban J connectivity index is 1.63. The lowest BCUT2D eigenvalue weighted by molar-refractivity contribution is 0.193. The highest BCUT2D eigenvalue weighted by atomic mass is 15.2. The van der Waals surface area contributed by atoms with Gasteiger partial charge in [0.05, 0.1) is 5.69 Å². The van der Waals surface area contributed by atoms with Crippen molar-refractivity contribution in [1.82, 2.24) is 20.2 Å². The second-order valence-corrected chi connectivity index (χ2v) is 6.45. The fourth-order valence-electron chi connectivity index (χ4n) is 3.45. The lowest BCUT2D eigenvalue weighted by Gasteiger charge is -2.33. The third-order valence-corrected chi connectivity index (χ3v) is 4.67. The molecule has 1 spiro atoms. The Hall–Kier alpha value is -1.20. The van der Waals surface area contributed by atoms with Gasteiger partial charge in [-0.05, 0) is 50.4 Å². The highest BCUT2D eigenvalue weighted by molar-refractivity contribution is 5.27. The van der Waals surface area contributed by atoms with Crippen LogP contribution in [0.15, 0.2) is 12.3 Å². The molecular weight excluding hydrogens is 250 g/mol. The van der Waals surface area contributed by atoms with Crippen LogP contribution >= 0.6 is 0 Å². The summed E-state index contributed by atoms with van der Waals surface area (Å²) in [5, 5.41) is 3.48. The Morgan fingerprint density at radius 3 is 2.85 bits per heavy atom. The van der Waals surface area contributed by atoms with Crippen LogP contribution in [-0.4, -0.2) is 55.1 Å². The van der Waals surface area contributed by atoms with Crippen molar-refractivity contribution in [2.45, 2.75) is 25.8 Å². The summed E-state index contributed by atoms with van der Waals surface area (Å²) < 4.78 is 0. The Morgan fingerprint density at radius 2 is 2.10 bits per heavy atom. The summed E-state index contributed by atoms with van der Waals surface area (Å²) in [7, 11) is 3.97. The zero-order valence-corrected chi connectivity index (χ0v) is 12.6. The normalized spacial score (nSPS) is 22.3. The molecule has 3 rings (SSSR count). The number of anilines is 1. The Bertz CT molecular complexity index is 453. The first kappa shape index (κ1) is 13.8. The van der Waals surface area contributed by atoms with Crippen molar-refractivity contribution in [3.8, 4) is 0 Å². The molecule has 2 saturated heterocycles. The molecule has 0 bridgehead atoms. The molecule has 1 aromatic rings. The fraction of sp³-hybridized carbons (Fsp3) is 0.733. The van der Waals surface area contributed by atoms with Gasteiger partial charge in [-0.25, -0.2) is 9.97 Å². The van der Waals surface area contributed by atoms with Gasteiger partial charge in [-0.2, -0.15) is 0 Å². The summed E-state index contributed by atoms with van der Waals surface area (Å²) in [5.74, 6) is 0.804. The van der Waals surface area contributed by atoms with Gasteiger partial charge >= 0.3 is 0 Å². The van der Waals surface area contributed by atoms with E-state index in [-0.39, 0.29) is 0 Å². The number of likely N-dealkylation sites (tertiary alicyclic amines) is 1. The lowest BCUT2D eigenvalue weighted by Crippen LogP contribution is -2.38. The second-order valence-electron chi connectivity index (χ2n) is 6.45. The lowest BCUT2D eigenvalue weighted by atomic mass is 9.78. The minimum absolute atomic E-state index is 0.572. The van der Waals surface area contributed by atoms with Gasteiger partial charge in [-0.15, -0.1) is 0 Å². The van der Waals surface area contributed by atoms with E-state index in [0.717, 1.165) is 18.2 Å². The molecule has 0 amide bonds. The van der Waals surface area contributed by atoms with Crippen LogP contribution in [-0.2, 0) is 6.54 Å². The minimum atomic E-state index is 0.572. The Labute approximate surface area is 121 Å². The van der Waals surface area contributed by atoms with Crippen molar-refractivity contribution in [1.29, 1.82) is 0 Å². The summed E-state index contributed by atoms with van der Waals surface area (Å²) in [6.07, 6.45) is 5.88. The van der Waals surface area contributed by atoms with Gasteiger partial charge in [0.2, 0.25) is 5.95 Å². The summed E-state index contributed by atoms with van der Waals surface area (Å²) in [6, 6.07) is 2.04. The molecule has 5 heteroatoms. The van der Waals surface area contributed by atoms with E-state index in [0.29, 0.717) is 5.41 Å². The van der Waals surface area contributed by atoms with Crippen LogP contribution in [0.2, 0.25) is 0 Å². The molecule has 1 N–H and O–H groups in total. The number of rotatable bonds is 3. The molecule has 2 fully saturated rings. The molecule has 20 heavy (non-hydrogen) atoms. The maximum absolute atomic E-state index is 4.63. The minimum Gasteiger partial charge on any atom is -0.347 e. The van der Waals surface area contributed by atoms with E-state index in [1.54, 1.807) is 0 Å². The number of hydrogen-bond acceptors (Lipinski definition) is 5. The standard InChI is InChI=1S/C15H25N5/c1-19(2)14-17-7-3-13(18-14)11-20-10-6-15(12-20)4-8-16-9-5-15/h3,7,16H,4-6,8-12H2,1-2H3. The van der Waals surface area contributed by atoms with Gasteiger partial charge in [0.15, 0.2) is 0 Å². The molecular formula is C15H25N5. The summed E-state index contributed by atoms with van der Waals surface area (Å²) in [5.41, 5.74) is 1.71. The van der Waals surface area contributed by atoms with Crippen molar-refractivity contribution in [3.63, 3.8) is 0 Å². The van der Waals surface area contributed by atoms with E-state index in [9.17, 15) is 0 Å². The van der Waals surface area contributed by atoms with E-state index in [1.165, 1.54) is 45.4 Å². The molecule has 0 radical (unpaired) electrons. The molecule has 0 aliphatic carbocycles. The first-order chi connectivity index (χ1) is 9.67. The number of nitrogens with zero attached hydrogens (tertiary/aromatic N) is 4. The van der Waals surface area contributed by atoms with Crippen LogP contribution < -0.4 is 10.2 Å². The van der Waals surface area contributed by atoms with Gasteiger partial charge < -0.3 is 10.2 Å². The number of aromatic nitrogens is 2. The SMILES string of the molecule is CN(C)c1nccc(CN2CCC3(CCNCC3)C2)n1. The van der Waals surface area contributed by atoms with Crippen LogP contribution in [0.5, 0.6) is 0 Å². The molecule has 0 aromatic carbocycles. The Kier molecular flexibility index (Phi) is 3.89. The van der Waals surface area contributed by atoms with E-state index in [2.05, 4.69) is 20.2 Å². The predicted octanol–water partition coefficient (Wildman–Crippen LogP) is 1.12. The molecule has 0 unspecified atom stereocenters. The second kappa shape index (κ2) is 5.66. The van der Waals surface area contributed by atoms with Gasteiger partial charge in [-0.1, -0.05) is 0 Å². The average molecular weight is 275 g/mol. The van der Waals surface area contributed by atoms with Crippen LogP contribution in [0.1, 0.15) is 25.0 Å². The van der Waals surface area contributed by atoms with Gasteiger partial charge in [-0.3, -0.25) is 4.90 Å². The predicted molar refractivity (Wildman–Crippen MR) is 80.8 cm³/mol. The molecule has 2 aliphatic rings. The van der Waals surface area contributed by atoms with Gasteiger partial charge in [0.25, 0.3) is 0 Å². The zero-order valence-electron chi connectivity index (χ0n) is 12.6. The molecule has 110 valence electrons. The monoisotopic (exact) mass is 275 g/mol. The Morgan fingerprint density at radius 1 is 1.30 bits per heavy atom. The molecule has 1 aromatic heterocycles. The van der Waals surface area contributed by atoms with E-state index >= 15 is 0 Å². The number of hydrogen-bond donors (Lipinski definition) is 1. The molecule has 0 saturated carbocycles. The number of piperidine rings is 1. The van der Waals surface area contributed by atoms with Crippen molar-refractivity contribution < 1.29 is 0 Å². The topological polar surface area (TPSA) is 44.3 Å². The maximum atomic E-state index is 4.63. The van der Waals surface area contributed by atoms with Crippen molar-refractivity contribution in [2.75, 3.05) is 45.2 Å². The first-order valence-corrected chi connectivity index (χ1v) is 7.59. The highest BCUT2D eigenvalue weighted by Crippen LogP contribution is 2.38. The van der Waals surface area contributed by atoms with Crippen LogP contribution in [0.4, 0.5) is 5.95 Å². The summed E-state index contributed by atoms with van der Waals surface area (Å²) >= 11 is 0. The van der Waals surface area contributed by atoms with E-state index in [4.69, 9.17) is 0 Å². The van der Waals surface area contributed by atoms with Crippen LogP contribution in [0.25, 0.3) is 0 Å². The largest absolute Gasteiger partial charge is 0.347 e. The van der Waals surface area contributed by atoms with E-state index in [1.807, 2.05) is 31.3 Å². The van der Waals surface area contributed by atoms with Gasteiger partial charge in [0, 0.05) is 33.4 Å². The third-order valence-electron chi connectivity index (χ3n) is 4.67. The van der Waals surface area contributed by atoms with E-state index < -0.39 is 0 Å². The van der Waals surface area contributed by atoms with Crippen molar-refractivity contribution >= 4 is 5.95 Å². The number of nitrogens with one attached hydrogen (secondary N) is 1. The maximum Gasteiger partial charge on any atom is 0.225 e. The van der Waals surface area contributed by atoms with Crippen molar-refractivity contribution in [2.24, 2.45) is 5.41 Å². The van der Waals surface area contributed by atoms with Crippen molar-refractivity contribution in [3.05, 3.63) is 18.0 Å². The molecule has 5 nitrogen and oxygen atoms in total. The zero-order chi connectivity index (χ0) is 14.0. The average Bonchev–Trinajstić information content (AvgIpc) is 2.82. The third kappa shape index (κ3) is 2.94. The molecule has 0 atom stereocenters. The fourth-order valence-corrected chi connectivity index (χ4v) is 3.45. The molecule has 3 heterocycles. The summed E-state index contributed by atoms with van der Waals surface area (Å²) in [6.45, 7) is 5.77. The smallest absolute Gasteiger partial charge is 0.225 e. The summed E-state index contributed by atoms with van der Waals surface area (Å²) in [4.78, 5) is 13.4.